The zero-order valence-electron chi connectivity index (χ0n) is 8.68. The number of benzene rings is 2. The highest BCUT2D eigenvalue weighted by Gasteiger charge is 2.28. The first-order valence-electron chi connectivity index (χ1n) is 5.12. The average Bonchev–Trinajstić information content (AvgIpc) is 2.53. The molecule has 1 aliphatic rings. The summed E-state index contributed by atoms with van der Waals surface area (Å²) in [5, 5.41) is 1.90. The number of hydrogen-bond donors (Lipinski definition) is 1. The van der Waals surface area contributed by atoms with Gasteiger partial charge in [0.2, 0.25) is 0 Å². The van der Waals surface area contributed by atoms with Gasteiger partial charge < -0.3 is 5.73 Å². The molecule has 1 unspecified atom stereocenters. The SMILES string of the molecule is NC1c2cc(Cl)ccc2-c2c(Cl)cc(Cl)cc21. The van der Waals surface area contributed by atoms with E-state index in [0.717, 1.165) is 22.3 Å². The summed E-state index contributed by atoms with van der Waals surface area (Å²) < 4.78 is 0. The first-order chi connectivity index (χ1) is 8.08. The molecule has 0 amide bonds. The number of fused-ring (bicyclic) bond motifs is 3. The summed E-state index contributed by atoms with van der Waals surface area (Å²) in [5.74, 6) is 0. The van der Waals surface area contributed by atoms with Crippen molar-refractivity contribution in [2.45, 2.75) is 6.04 Å². The minimum atomic E-state index is -0.213. The molecule has 0 spiro atoms. The topological polar surface area (TPSA) is 26.0 Å². The first-order valence-corrected chi connectivity index (χ1v) is 6.25. The Morgan fingerprint density at radius 2 is 1.59 bits per heavy atom. The van der Waals surface area contributed by atoms with Crippen LogP contribution in [0.5, 0.6) is 0 Å². The van der Waals surface area contributed by atoms with Crippen LogP contribution in [-0.4, -0.2) is 0 Å². The van der Waals surface area contributed by atoms with Gasteiger partial charge in [-0.25, -0.2) is 0 Å². The summed E-state index contributed by atoms with van der Waals surface area (Å²) in [7, 11) is 0. The molecule has 1 aliphatic carbocycles. The Balaban J connectivity index is 2.35. The molecule has 0 aliphatic heterocycles. The Morgan fingerprint density at radius 1 is 0.882 bits per heavy atom. The van der Waals surface area contributed by atoms with Crippen molar-refractivity contribution in [2.75, 3.05) is 0 Å². The molecule has 0 fully saturated rings. The Hall–Kier alpha value is -0.730. The molecule has 3 rings (SSSR count). The fourth-order valence-electron chi connectivity index (χ4n) is 2.31. The summed E-state index contributed by atoms with van der Waals surface area (Å²) in [4.78, 5) is 0. The average molecular weight is 285 g/mol. The van der Waals surface area contributed by atoms with Crippen LogP contribution in [0.4, 0.5) is 0 Å². The maximum absolute atomic E-state index is 6.23. The molecule has 0 bridgehead atoms. The lowest BCUT2D eigenvalue weighted by molar-refractivity contribution is 0.901. The quantitative estimate of drug-likeness (QED) is 0.747. The molecule has 4 heteroatoms. The maximum Gasteiger partial charge on any atom is 0.0565 e. The molecule has 2 aromatic carbocycles. The van der Waals surface area contributed by atoms with Gasteiger partial charge in [-0.2, -0.15) is 0 Å². The molecule has 1 nitrogen and oxygen atoms in total. The smallest absolute Gasteiger partial charge is 0.0565 e. The monoisotopic (exact) mass is 283 g/mol. The van der Waals surface area contributed by atoms with Gasteiger partial charge in [-0.3, -0.25) is 0 Å². The molecule has 17 heavy (non-hydrogen) atoms. The van der Waals surface area contributed by atoms with Gasteiger partial charge in [0.15, 0.2) is 0 Å². The molecule has 86 valence electrons. The second kappa shape index (κ2) is 3.89. The highest BCUT2D eigenvalue weighted by molar-refractivity contribution is 6.37. The fourth-order valence-corrected chi connectivity index (χ4v) is 3.10. The maximum atomic E-state index is 6.23. The number of hydrogen-bond acceptors (Lipinski definition) is 1. The van der Waals surface area contributed by atoms with Crippen LogP contribution < -0.4 is 5.73 Å². The summed E-state index contributed by atoms with van der Waals surface area (Å²) in [6.45, 7) is 0. The van der Waals surface area contributed by atoms with Gasteiger partial charge in [0.05, 0.1) is 11.1 Å². The number of rotatable bonds is 0. The largest absolute Gasteiger partial charge is 0.320 e. The highest BCUT2D eigenvalue weighted by atomic mass is 35.5. The Labute approximate surface area is 114 Å². The Kier molecular flexibility index (Phi) is 2.60. The number of nitrogens with two attached hydrogens (primary N) is 1. The van der Waals surface area contributed by atoms with E-state index in [-0.39, 0.29) is 6.04 Å². The predicted molar refractivity (Wildman–Crippen MR) is 72.9 cm³/mol. The van der Waals surface area contributed by atoms with E-state index in [0.29, 0.717) is 15.1 Å². The lowest BCUT2D eigenvalue weighted by Crippen LogP contribution is -2.07. The zero-order valence-corrected chi connectivity index (χ0v) is 10.9. The third-order valence-electron chi connectivity index (χ3n) is 3.04. The highest BCUT2D eigenvalue weighted by Crippen LogP contribution is 2.47. The standard InChI is InChI=1S/C13H8Cl3N/c14-6-1-2-8-9(3-6)13(17)10-4-7(15)5-11(16)12(8)10/h1-5,13H,17H2. The van der Waals surface area contributed by atoms with Crippen LogP contribution in [0.2, 0.25) is 15.1 Å². The minimum absolute atomic E-state index is 0.213. The number of halogens is 3. The molecule has 1 atom stereocenters. The van der Waals surface area contributed by atoms with Crippen molar-refractivity contribution in [1.82, 2.24) is 0 Å². The van der Waals surface area contributed by atoms with Crippen LogP contribution in [0, 0.1) is 0 Å². The molecule has 0 radical (unpaired) electrons. The van der Waals surface area contributed by atoms with Gasteiger partial charge in [-0.15, -0.1) is 0 Å². The molecular weight excluding hydrogens is 277 g/mol. The van der Waals surface area contributed by atoms with Gasteiger partial charge in [0.25, 0.3) is 0 Å². The second-order valence-electron chi connectivity index (χ2n) is 4.06. The van der Waals surface area contributed by atoms with Crippen LogP contribution in [0.1, 0.15) is 17.2 Å². The summed E-state index contributed by atoms with van der Waals surface area (Å²) >= 11 is 18.2. The lowest BCUT2D eigenvalue weighted by atomic mass is 10.1. The third-order valence-corrected chi connectivity index (χ3v) is 3.79. The molecule has 0 saturated carbocycles. The molecular formula is C13H8Cl3N. The van der Waals surface area contributed by atoms with E-state index < -0.39 is 0 Å². The fraction of sp³-hybridized carbons (Fsp3) is 0.0769. The Bertz CT molecular complexity index is 622. The van der Waals surface area contributed by atoms with E-state index in [1.54, 1.807) is 6.07 Å². The normalized spacial score (nSPS) is 16.8. The van der Waals surface area contributed by atoms with E-state index in [4.69, 9.17) is 40.5 Å². The van der Waals surface area contributed by atoms with Gasteiger partial charge in [0.1, 0.15) is 0 Å². The lowest BCUT2D eigenvalue weighted by Gasteiger charge is -2.07. The van der Waals surface area contributed by atoms with Crippen LogP contribution >= 0.6 is 34.8 Å². The summed E-state index contributed by atoms with van der Waals surface area (Å²) in [6.07, 6.45) is 0. The van der Waals surface area contributed by atoms with Crippen LogP contribution in [0.15, 0.2) is 30.3 Å². The van der Waals surface area contributed by atoms with Gasteiger partial charge in [0, 0.05) is 15.6 Å². The van der Waals surface area contributed by atoms with Crippen molar-refractivity contribution in [1.29, 1.82) is 0 Å². The van der Waals surface area contributed by atoms with Crippen molar-refractivity contribution in [3.8, 4) is 11.1 Å². The summed E-state index contributed by atoms with van der Waals surface area (Å²) in [6, 6.07) is 9.05. The summed E-state index contributed by atoms with van der Waals surface area (Å²) in [5.41, 5.74) is 10.2. The van der Waals surface area contributed by atoms with Crippen LogP contribution in [0.25, 0.3) is 11.1 Å². The first kappa shape index (κ1) is 11.4. The van der Waals surface area contributed by atoms with E-state index in [2.05, 4.69) is 0 Å². The van der Waals surface area contributed by atoms with Crippen molar-refractivity contribution < 1.29 is 0 Å². The minimum Gasteiger partial charge on any atom is -0.320 e. The van der Waals surface area contributed by atoms with E-state index in [1.807, 2.05) is 24.3 Å². The van der Waals surface area contributed by atoms with E-state index in [9.17, 15) is 0 Å². The van der Waals surface area contributed by atoms with Crippen molar-refractivity contribution in [3.63, 3.8) is 0 Å². The zero-order chi connectivity index (χ0) is 12.2. The third kappa shape index (κ3) is 1.66. The predicted octanol–water partition coefficient (Wildman–Crippen LogP) is 4.68. The van der Waals surface area contributed by atoms with Crippen molar-refractivity contribution in [3.05, 3.63) is 56.5 Å². The van der Waals surface area contributed by atoms with Crippen LogP contribution in [-0.2, 0) is 0 Å². The molecule has 2 N–H and O–H groups in total. The van der Waals surface area contributed by atoms with Crippen molar-refractivity contribution in [2.24, 2.45) is 5.73 Å². The molecule has 0 aromatic heterocycles. The van der Waals surface area contributed by atoms with E-state index >= 15 is 0 Å². The van der Waals surface area contributed by atoms with Gasteiger partial charge >= 0.3 is 0 Å². The van der Waals surface area contributed by atoms with E-state index in [1.165, 1.54) is 0 Å². The van der Waals surface area contributed by atoms with Crippen LogP contribution in [0.3, 0.4) is 0 Å². The Morgan fingerprint density at radius 3 is 2.35 bits per heavy atom. The molecule has 0 heterocycles. The van der Waals surface area contributed by atoms with Gasteiger partial charge in [-0.1, -0.05) is 40.9 Å². The van der Waals surface area contributed by atoms with Crippen molar-refractivity contribution >= 4 is 34.8 Å². The van der Waals surface area contributed by atoms with Gasteiger partial charge in [-0.05, 0) is 41.0 Å². The molecule has 0 saturated heterocycles. The molecule has 2 aromatic rings. The second-order valence-corrected chi connectivity index (χ2v) is 5.34.